The SMILES string of the molecule is C.CC(C)(C)C1=NS(=O)(=O)c2ccccc21. The fraction of sp³-hybridized carbons (Fsp3) is 0.417. The van der Waals surface area contributed by atoms with E-state index in [1.807, 2.05) is 32.9 Å². The second-order valence-corrected chi connectivity index (χ2v) is 6.23. The average Bonchev–Trinajstić information content (AvgIpc) is 2.39. The van der Waals surface area contributed by atoms with Crippen LogP contribution in [0.4, 0.5) is 0 Å². The fourth-order valence-electron chi connectivity index (χ4n) is 1.65. The number of fused-ring (bicyclic) bond motifs is 1. The Hall–Kier alpha value is -1.16. The van der Waals surface area contributed by atoms with Gasteiger partial charge in [-0.25, -0.2) is 0 Å². The lowest BCUT2D eigenvalue weighted by Gasteiger charge is -2.18. The molecule has 1 aliphatic heterocycles. The minimum atomic E-state index is -3.45. The first-order valence-electron chi connectivity index (χ1n) is 4.77. The highest BCUT2D eigenvalue weighted by Gasteiger charge is 2.34. The van der Waals surface area contributed by atoms with Crippen LogP contribution in [-0.2, 0) is 10.0 Å². The van der Waals surface area contributed by atoms with Crippen molar-refractivity contribution < 1.29 is 8.42 Å². The molecule has 0 N–H and O–H groups in total. The molecule has 1 aromatic rings. The molecular formula is C12H17NO2S. The first-order chi connectivity index (χ1) is 6.82. The van der Waals surface area contributed by atoms with Gasteiger partial charge in [-0.05, 0) is 6.07 Å². The zero-order chi connectivity index (χ0) is 11.3. The molecule has 0 atom stereocenters. The van der Waals surface area contributed by atoms with Crippen molar-refractivity contribution >= 4 is 15.7 Å². The summed E-state index contributed by atoms with van der Waals surface area (Å²) in [6.45, 7) is 5.89. The molecule has 1 aliphatic rings. The molecule has 2 rings (SSSR count). The number of nitrogens with zero attached hydrogens (tertiary/aromatic N) is 1. The number of benzene rings is 1. The molecule has 0 saturated heterocycles. The van der Waals surface area contributed by atoms with E-state index in [4.69, 9.17) is 0 Å². The topological polar surface area (TPSA) is 46.5 Å². The van der Waals surface area contributed by atoms with Crippen LogP contribution < -0.4 is 0 Å². The van der Waals surface area contributed by atoms with Crippen molar-refractivity contribution in [1.82, 2.24) is 0 Å². The van der Waals surface area contributed by atoms with Gasteiger partial charge in [0.25, 0.3) is 10.0 Å². The maximum Gasteiger partial charge on any atom is 0.283 e. The number of hydrogen-bond acceptors (Lipinski definition) is 2. The van der Waals surface area contributed by atoms with Gasteiger partial charge in [0.05, 0.1) is 10.6 Å². The second kappa shape index (κ2) is 3.70. The molecule has 3 nitrogen and oxygen atoms in total. The Morgan fingerprint density at radius 1 is 1.12 bits per heavy atom. The highest BCUT2D eigenvalue weighted by Crippen LogP contribution is 2.33. The predicted octanol–water partition coefficient (Wildman–Crippen LogP) is 2.86. The Balaban J connectivity index is 0.00000128. The molecule has 0 aliphatic carbocycles. The molecule has 16 heavy (non-hydrogen) atoms. The summed E-state index contributed by atoms with van der Waals surface area (Å²) < 4.78 is 27.3. The second-order valence-electron chi connectivity index (χ2n) is 4.66. The smallest absolute Gasteiger partial charge is 0.199 e. The lowest BCUT2D eigenvalue weighted by molar-refractivity contribution is 0.589. The summed E-state index contributed by atoms with van der Waals surface area (Å²) in [7, 11) is -3.45. The summed E-state index contributed by atoms with van der Waals surface area (Å²) in [6, 6.07) is 6.97. The van der Waals surface area contributed by atoms with Crippen molar-refractivity contribution in [3.63, 3.8) is 0 Å². The van der Waals surface area contributed by atoms with Gasteiger partial charge in [-0.2, -0.15) is 12.8 Å². The van der Waals surface area contributed by atoms with E-state index < -0.39 is 10.0 Å². The maximum atomic E-state index is 11.7. The Morgan fingerprint density at radius 2 is 1.69 bits per heavy atom. The maximum absolute atomic E-state index is 11.7. The van der Waals surface area contributed by atoms with Gasteiger partial charge < -0.3 is 0 Å². The van der Waals surface area contributed by atoms with E-state index in [-0.39, 0.29) is 12.8 Å². The van der Waals surface area contributed by atoms with Crippen LogP contribution in [0.25, 0.3) is 0 Å². The Bertz CT molecular complexity index is 536. The van der Waals surface area contributed by atoms with Crippen molar-refractivity contribution in [2.75, 3.05) is 0 Å². The first kappa shape index (κ1) is 12.9. The fourth-order valence-corrected chi connectivity index (χ4v) is 3.05. The summed E-state index contributed by atoms with van der Waals surface area (Å²) in [5, 5.41) is 0. The Morgan fingerprint density at radius 3 is 2.25 bits per heavy atom. The minimum absolute atomic E-state index is 0. The largest absolute Gasteiger partial charge is 0.283 e. The van der Waals surface area contributed by atoms with Crippen LogP contribution in [0.1, 0.15) is 33.8 Å². The van der Waals surface area contributed by atoms with E-state index in [1.54, 1.807) is 12.1 Å². The zero-order valence-corrected chi connectivity index (χ0v) is 9.80. The van der Waals surface area contributed by atoms with Gasteiger partial charge >= 0.3 is 0 Å². The van der Waals surface area contributed by atoms with Crippen LogP contribution in [0.15, 0.2) is 33.6 Å². The van der Waals surface area contributed by atoms with Crippen molar-refractivity contribution in [3.8, 4) is 0 Å². The van der Waals surface area contributed by atoms with Crippen molar-refractivity contribution in [2.45, 2.75) is 33.1 Å². The molecule has 0 fully saturated rings. The van der Waals surface area contributed by atoms with E-state index in [0.29, 0.717) is 10.6 Å². The van der Waals surface area contributed by atoms with E-state index in [0.717, 1.165) is 5.56 Å². The molecule has 0 bridgehead atoms. The summed E-state index contributed by atoms with van der Waals surface area (Å²) in [5.41, 5.74) is 1.14. The summed E-state index contributed by atoms with van der Waals surface area (Å²) in [5.74, 6) is 0. The summed E-state index contributed by atoms with van der Waals surface area (Å²) in [6.07, 6.45) is 0. The highest BCUT2D eigenvalue weighted by atomic mass is 32.2. The summed E-state index contributed by atoms with van der Waals surface area (Å²) in [4.78, 5) is 0.329. The molecule has 1 aromatic carbocycles. The van der Waals surface area contributed by atoms with E-state index in [1.165, 1.54) is 0 Å². The van der Waals surface area contributed by atoms with E-state index in [2.05, 4.69) is 4.40 Å². The number of sulfonamides is 1. The first-order valence-corrected chi connectivity index (χ1v) is 6.21. The normalized spacial score (nSPS) is 17.3. The zero-order valence-electron chi connectivity index (χ0n) is 8.98. The van der Waals surface area contributed by atoms with Crippen LogP contribution in [-0.4, -0.2) is 14.1 Å². The van der Waals surface area contributed by atoms with Gasteiger partial charge in [0, 0.05) is 11.0 Å². The van der Waals surface area contributed by atoms with Crippen LogP contribution in [0.3, 0.4) is 0 Å². The van der Waals surface area contributed by atoms with Crippen LogP contribution in [0.2, 0.25) is 0 Å². The van der Waals surface area contributed by atoms with Gasteiger partial charge in [0.15, 0.2) is 0 Å². The molecule has 0 saturated carbocycles. The van der Waals surface area contributed by atoms with Gasteiger partial charge in [0.2, 0.25) is 0 Å². The van der Waals surface area contributed by atoms with Crippen LogP contribution in [0, 0.1) is 5.41 Å². The molecule has 0 radical (unpaired) electrons. The lowest BCUT2D eigenvalue weighted by Crippen LogP contribution is -2.19. The van der Waals surface area contributed by atoms with Crippen LogP contribution >= 0.6 is 0 Å². The third kappa shape index (κ3) is 1.89. The quantitative estimate of drug-likeness (QED) is 0.699. The summed E-state index contributed by atoms with van der Waals surface area (Å²) >= 11 is 0. The highest BCUT2D eigenvalue weighted by molar-refractivity contribution is 7.90. The van der Waals surface area contributed by atoms with Crippen molar-refractivity contribution in [1.29, 1.82) is 0 Å². The molecule has 0 aromatic heterocycles. The molecule has 4 heteroatoms. The van der Waals surface area contributed by atoms with E-state index in [9.17, 15) is 8.42 Å². The van der Waals surface area contributed by atoms with Gasteiger partial charge in [-0.3, -0.25) is 0 Å². The minimum Gasteiger partial charge on any atom is -0.199 e. The Kier molecular flexibility index (Phi) is 2.98. The molecule has 0 spiro atoms. The predicted molar refractivity (Wildman–Crippen MR) is 66.4 cm³/mol. The Labute approximate surface area is 97.3 Å². The van der Waals surface area contributed by atoms with Crippen LogP contribution in [0.5, 0.6) is 0 Å². The third-order valence-corrected chi connectivity index (χ3v) is 3.68. The third-order valence-electron chi connectivity index (χ3n) is 2.34. The standard InChI is InChI=1S/C11H13NO2S.CH4/c1-11(2,3)10-8-6-4-5-7-9(8)15(13,14)12-10;/h4-7H,1-3H3;1H4. The van der Waals surface area contributed by atoms with Gasteiger partial charge in [0.1, 0.15) is 0 Å². The van der Waals surface area contributed by atoms with Crippen molar-refractivity contribution in [3.05, 3.63) is 29.8 Å². The van der Waals surface area contributed by atoms with E-state index >= 15 is 0 Å². The van der Waals surface area contributed by atoms with Gasteiger partial charge in [-0.15, -0.1) is 0 Å². The average molecular weight is 239 g/mol. The lowest BCUT2D eigenvalue weighted by atomic mass is 9.86. The number of hydrogen-bond donors (Lipinski definition) is 0. The van der Waals surface area contributed by atoms with Gasteiger partial charge in [-0.1, -0.05) is 46.4 Å². The molecule has 0 unspecified atom stereocenters. The monoisotopic (exact) mass is 239 g/mol. The number of rotatable bonds is 0. The molecule has 0 amide bonds. The molecule has 88 valence electrons. The van der Waals surface area contributed by atoms with Crippen molar-refractivity contribution in [2.24, 2.45) is 9.81 Å². The molecule has 1 heterocycles. The molecular weight excluding hydrogens is 222 g/mol.